The van der Waals surface area contributed by atoms with Crippen LogP contribution >= 0.6 is 0 Å². The lowest BCUT2D eigenvalue weighted by atomic mass is 10.0. The number of unbranched alkanes of at least 4 members (excludes halogenated alkanes) is 6. The standard InChI is InChI=1S/C29H58N4O2/c1-5-6-18-28(34)19-12-10-8-7-9-11-17-27-26-29(35)30-20-15-23-31(2)21-13-14-22-32(3)24-16-25-33(27)4/h27H,5-26H2,1-4H3,(H,30,35). The molecule has 6 heteroatoms. The number of nitrogens with zero attached hydrogens (tertiary/aromatic N) is 3. The minimum absolute atomic E-state index is 0.207. The second-order valence-corrected chi connectivity index (χ2v) is 11.0. The van der Waals surface area contributed by atoms with E-state index in [0.29, 0.717) is 18.2 Å². The van der Waals surface area contributed by atoms with Gasteiger partial charge in [0.1, 0.15) is 5.78 Å². The van der Waals surface area contributed by atoms with Crippen LogP contribution in [-0.2, 0) is 9.59 Å². The zero-order chi connectivity index (χ0) is 25.7. The monoisotopic (exact) mass is 494 g/mol. The van der Waals surface area contributed by atoms with E-state index in [4.69, 9.17) is 0 Å². The summed E-state index contributed by atoms with van der Waals surface area (Å²) >= 11 is 0. The number of rotatable bonds is 12. The Kier molecular flexibility index (Phi) is 19.4. The largest absolute Gasteiger partial charge is 0.356 e. The summed E-state index contributed by atoms with van der Waals surface area (Å²) in [6.07, 6.45) is 17.2. The predicted molar refractivity (Wildman–Crippen MR) is 149 cm³/mol. The minimum atomic E-state index is 0.207. The highest BCUT2D eigenvalue weighted by atomic mass is 16.1. The molecule has 0 spiro atoms. The maximum Gasteiger partial charge on any atom is 0.221 e. The molecule has 35 heavy (non-hydrogen) atoms. The van der Waals surface area contributed by atoms with Crippen molar-refractivity contribution >= 4 is 11.7 Å². The van der Waals surface area contributed by atoms with Gasteiger partial charge in [-0.3, -0.25) is 9.59 Å². The number of nitrogens with one attached hydrogen (secondary N) is 1. The molecule has 1 unspecified atom stereocenters. The molecule has 0 aliphatic carbocycles. The third-order valence-electron chi connectivity index (χ3n) is 7.52. The molecule has 1 heterocycles. The Bertz CT molecular complexity index is 543. The SMILES string of the molecule is CCCCC(=O)CCCCCCCCC1CC(=O)NCCCN(C)CCCCN(C)CCCN1C. The van der Waals surface area contributed by atoms with E-state index in [-0.39, 0.29) is 5.91 Å². The lowest BCUT2D eigenvalue weighted by Gasteiger charge is -2.28. The zero-order valence-corrected chi connectivity index (χ0v) is 23.8. The minimum Gasteiger partial charge on any atom is -0.356 e. The summed E-state index contributed by atoms with van der Waals surface area (Å²) in [7, 11) is 6.64. The third-order valence-corrected chi connectivity index (χ3v) is 7.52. The molecule has 206 valence electrons. The van der Waals surface area contributed by atoms with Gasteiger partial charge >= 0.3 is 0 Å². The average Bonchev–Trinajstić information content (AvgIpc) is 2.83. The van der Waals surface area contributed by atoms with E-state index in [0.717, 1.165) is 84.1 Å². The summed E-state index contributed by atoms with van der Waals surface area (Å²) in [6, 6.07) is 0.329. The molecule has 1 aliphatic heterocycles. The molecule has 1 rings (SSSR count). The van der Waals surface area contributed by atoms with Gasteiger partial charge in [-0.2, -0.15) is 0 Å². The van der Waals surface area contributed by atoms with E-state index < -0.39 is 0 Å². The van der Waals surface area contributed by atoms with Crippen LogP contribution in [0.4, 0.5) is 0 Å². The summed E-state index contributed by atoms with van der Waals surface area (Å²) in [4.78, 5) is 31.7. The normalized spacial score (nSPS) is 21.5. The quantitative estimate of drug-likeness (QED) is 0.382. The summed E-state index contributed by atoms with van der Waals surface area (Å²) < 4.78 is 0. The van der Waals surface area contributed by atoms with Crippen LogP contribution < -0.4 is 5.32 Å². The van der Waals surface area contributed by atoms with Gasteiger partial charge in [-0.15, -0.1) is 0 Å². The molecule has 0 aromatic rings. The fraction of sp³-hybridized carbons (Fsp3) is 0.931. The first-order chi connectivity index (χ1) is 16.9. The van der Waals surface area contributed by atoms with Gasteiger partial charge in [0.15, 0.2) is 0 Å². The van der Waals surface area contributed by atoms with Crippen molar-refractivity contribution < 1.29 is 9.59 Å². The Labute approximate surface area is 217 Å². The van der Waals surface area contributed by atoms with Crippen molar-refractivity contribution in [3.8, 4) is 0 Å². The van der Waals surface area contributed by atoms with Crippen molar-refractivity contribution in [1.82, 2.24) is 20.0 Å². The van der Waals surface area contributed by atoms with E-state index in [1.165, 1.54) is 51.5 Å². The average molecular weight is 495 g/mol. The second kappa shape index (κ2) is 21.1. The molecule has 0 aromatic heterocycles. The van der Waals surface area contributed by atoms with E-state index >= 15 is 0 Å². The van der Waals surface area contributed by atoms with E-state index in [2.05, 4.69) is 48.1 Å². The summed E-state index contributed by atoms with van der Waals surface area (Å²) in [6.45, 7) is 8.47. The van der Waals surface area contributed by atoms with Crippen molar-refractivity contribution in [2.24, 2.45) is 0 Å². The fourth-order valence-electron chi connectivity index (χ4n) is 5.01. The van der Waals surface area contributed by atoms with Crippen LogP contribution in [0.15, 0.2) is 0 Å². The first kappa shape index (κ1) is 32.0. The molecule has 1 saturated heterocycles. The highest BCUT2D eigenvalue weighted by molar-refractivity contribution is 5.78. The number of Topliss-reactive ketones (excluding diaryl/α,β-unsaturated/α-hetero) is 1. The Morgan fingerprint density at radius 2 is 1.34 bits per heavy atom. The van der Waals surface area contributed by atoms with Gasteiger partial charge in [0.05, 0.1) is 0 Å². The number of carbonyl (C=O) groups is 2. The lowest BCUT2D eigenvalue weighted by Crippen LogP contribution is -2.39. The van der Waals surface area contributed by atoms with Crippen molar-refractivity contribution in [2.45, 2.75) is 116 Å². The third kappa shape index (κ3) is 18.0. The van der Waals surface area contributed by atoms with E-state index in [1.807, 2.05) is 0 Å². The van der Waals surface area contributed by atoms with Crippen molar-refractivity contribution in [2.75, 3.05) is 60.4 Å². The number of amides is 1. The van der Waals surface area contributed by atoms with Gasteiger partial charge < -0.3 is 20.0 Å². The number of hydrogen-bond acceptors (Lipinski definition) is 5. The molecule has 0 aromatic carbocycles. The predicted octanol–water partition coefficient (Wildman–Crippen LogP) is 5.11. The van der Waals surface area contributed by atoms with Crippen LogP contribution in [0.2, 0.25) is 0 Å². The van der Waals surface area contributed by atoms with Gasteiger partial charge in [0, 0.05) is 31.8 Å². The Morgan fingerprint density at radius 3 is 2.03 bits per heavy atom. The van der Waals surface area contributed by atoms with Crippen LogP contribution in [0.5, 0.6) is 0 Å². The molecule has 6 nitrogen and oxygen atoms in total. The Hall–Kier alpha value is -0.980. The number of carbonyl (C=O) groups excluding carboxylic acids is 2. The molecular weight excluding hydrogens is 436 g/mol. The first-order valence-electron chi connectivity index (χ1n) is 14.8. The smallest absolute Gasteiger partial charge is 0.221 e. The fourth-order valence-corrected chi connectivity index (χ4v) is 5.01. The van der Waals surface area contributed by atoms with Crippen molar-refractivity contribution in [1.29, 1.82) is 0 Å². The molecule has 1 atom stereocenters. The maximum absolute atomic E-state index is 12.7. The van der Waals surface area contributed by atoms with Crippen LogP contribution in [0.1, 0.15) is 110 Å². The second-order valence-electron chi connectivity index (χ2n) is 11.0. The Balaban J connectivity index is 2.38. The molecule has 0 bridgehead atoms. The van der Waals surface area contributed by atoms with Crippen LogP contribution in [0, 0.1) is 0 Å². The number of ketones is 1. The van der Waals surface area contributed by atoms with Gasteiger partial charge in [-0.25, -0.2) is 0 Å². The van der Waals surface area contributed by atoms with Gasteiger partial charge in [0.25, 0.3) is 0 Å². The highest BCUT2D eigenvalue weighted by Gasteiger charge is 2.18. The molecule has 0 radical (unpaired) electrons. The van der Waals surface area contributed by atoms with E-state index in [1.54, 1.807) is 0 Å². The Morgan fingerprint density at radius 1 is 0.771 bits per heavy atom. The molecule has 1 amide bonds. The van der Waals surface area contributed by atoms with Crippen molar-refractivity contribution in [3.63, 3.8) is 0 Å². The molecule has 1 N–H and O–H groups in total. The molecular formula is C29H58N4O2. The summed E-state index contributed by atoms with van der Waals surface area (Å²) in [5.74, 6) is 0.653. The number of hydrogen-bond donors (Lipinski definition) is 1. The van der Waals surface area contributed by atoms with E-state index in [9.17, 15) is 9.59 Å². The van der Waals surface area contributed by atoms with Gasteiger partial charge in [0.2, 0.25) is 5.91 Å². The molecule has 0 saturated carbocycles. The van der Waals surface area contributed by atoms with Crippen LogP contribution in [0.3, 0.4) is 0 Å². The highest BCUT2D eigenvalue weighted by Crippen LogP contribution is 2.16. The van der Waals surface area contributed by atoms with Crippen LogP contribution in [-0.4, -0.2) is 92.8 Å². The lowest BCUT2D eigenvalue weighted by molar-refractivity contribution is -0.122. The topological polar surface area (TPSA) is 55.9 Å². The van der Waals surface area contributed by atoms with Gasteiger partial charge in [-0.1, -0.05) is 45.4 Å². The van der Waals surface area contributed by atoms with Gasteiger partial charge in [-0.05, 0) is 98.8 Å². The molecule has 1 aliphatic rings. The van der Waals surface area contributed by atoms with Crippen LogP contribution in [0.25, 0.3) is 0 Å². The summed E-state index contributed by atoms with van der Waals surface area (Å²) in [5.41, 5.74) is 0. The first-order valence-corrected chi connectivity index (χ1v) is 14.8. The van der Waals surface area contributed by atoms with Crippen molar-refractivity contribution in [3.05, 3.63) is 0 Å². The maximum atomic E-state index is 12.7. The zero-order valence-electron chi connectivity index (χ0n) is 23.8. The summed E-state index contributed by atoms with van der Waals surface area (Å²) in [5, 5.41) is 3.17. The molecule has 1 fully saturated rings.